The van der Waals surface area contributed by atoms with Gasteiger partial charge < -0.3 is 49.5 Å². The lowest BCUT2D eigenvalue weighted by Gasteiger charge is -2.09. The molecular weight excluding hydrogens is 518 g/mol. The van der Waals surface area contributed by atoms with E-state index < -0.39 is 5.97 Å². The topological polar surface area (TPSA) is 180 Å². The lowest BCUT2D eigenvalue weighted by molar-refractivity contribution is -0.144. The van der Waals surface area contributed by atoms with E-state index in [-0.39, 0.29) is 76.5 Å². The summed E-state index contributed by atoms with van der Waals surface area (Å²) in [5.41, 5.74) is 0. The minimum absolute atomic E-state index is 0.0316. The maximum Gasteiger partial charge on any atom is 0.308 e. The fraction of sp³-hybridized carbons (Fsp3) is 0.760. The van der Waals surface area contributed by atoms with Crippen LogP contribution in [0.15, 0.2) is 12.7 Å². The van der Waals surface area contributed by atoms with Gasteiger partial charge in [0, 0.05) is 39.0 Å². The van der Waals surface area contributed by atoms with Crippen molar-refractivity contribution in [2.24, 2.45) is 0 Å². The predicted octanol–water partition coefficient (Wildman–Crippen LogP) is -0.734. The molecule has 0 aromatic carbocycles. The second-order valence-electron chi connectivity index (χ2n) is 7.88. The second-order valence-corrected chi connectivity index (χ2v) is 7.88. The highest BCUT2D eigenvalue weighted by Gasteiger charge is 2.04. The van der Waals surface area contributed by atoms with Gasteiger partial charge in [-0.2, -0.15) is 0 Å². The number of nitrogens with one attached hydrogen (secondary N) is 3. The van der Waals surface area contributed by atoms with Crippen molar-refractivity contribution >= 4 is 23.8 Å². The van der Waals surface area contributed by atoms with Crippen molar-refractivity contribution in [2.45, 2.75) is 25.7 Å². The van der Waals surface area contributed by atoms with Gasteiger partial charge in [0.1, 0.15) is 6.61 Å². The fourth-order valence-electron chi connectivity index (χ4n) is 2.62. The third-order valence-electron chi connectivity index (χ3n) is 4.58. The number of ether oxygens (including phenoxy) is 6. The minimum atomic E-state index is -0.900. The Hall–Kier alpha value is -2.62. The van der Waals surface area contributed by atoms with Crippen molar-refractivity contribution in [1.82, 2.24) is 16.0 Å². The average molecular weight is 564 g/mol. The van der Waals surface area contributed by atoms with Crippen LogP contribution in [0.2, 0.25) is 0 Å². The summed E-state index contributed by atoms with van der Waals surface area (Å²) in [7, 11) is 0. The molecule has 0 saturated carbocycles. The highest BCUT2D eigenvalue weighted by atomic mass is 16.5. The molecule has 0 aliphatic heterocycles. The van der Waals surface area contributed by atoms with Crippen LogP contribution in [0.5, 0.6) is 0 Å². The van der Waals surface area contributed by atoms with Crippen molar-refractivity contribution < 1.29 is 52.7 Å². The van der Waals surface area contributed by atoms with E-state index in [2.05, 4.69) is 22.5 Å². The first-order chi connectivity index (χ1) is 19.0. The van der Waals surface area contributed by atoms with Gasteiger partial charge in [-0.3, -0.25) is 19.2 Å². The van der Waals surface area contributed by atoms with Crippen LogP contribution in [0.1, 0.15) is 25.7 Å². The molecule has 0 spiro atoms. The quantitative estimate of drug-likeness (QED) is 0.0510. The number of esters is 1. The van der Waals surface area contributed by atoms with Gasteiger partial charge in [-0.25, -0.2) is 0 Å². The number of rotatable bonds is 29. The zero-order valence-corrected chi connectivity index (χ0v) is 22.7. The minimum Gasteiger partial charge on any atom is -0.481 e. The van der Waals surface area contributed by atoms with Gasteiger partial charge in [-0.05, 0) is 0 Å². The van der Waals surface area contributed by atoms with E-state index >= 15 is 0 Å². The van der Waals surface area contributed by atoms with Gasteiger partial charge in [0.15, 0.2) is 0 Å². The third-order valence-corrected chi connectivity index (χ3v) is 4.58. The number of carboxylic acid groups (broad SMARTS) is 1. The lowest BCUT2D eigenvalue weighted by atomic mass is 10.4. The Labute approximate surface area is 230 Å². The molecule has 0 aliphatic rings. The number of aliphatic carboxylic acids is 1. The molecule has 0 rings (SSSR count). The summed E-state index contributed by atoms with van der Waals surface area (Å²) >= 11 is 0. The lowest BCUT2D eigenvalue weighted by Crippen LogP contribution is -2.36. The van der Waals surface area contributed by atoms with E-state index in [1.165, 1.54) is 6.08 Å². The van der Waals surface area contributed by atoms with Crippen LogP contribution in [0, 0.1) is 0 Å². The highest BCUT2D eigenvalue weighted by molar-refractivity contribution is 5.76. The highest BCUT2D eigenvalue weighted by Crippen LogP contribution is 1.90. The van der Waals surface area contributed by atoms with Crippen LogP contribution in [-0.4, -0.2) is 128 Å². The molecule has 0 aliphatic carbocycles. The standard InChI is InChI=1S/C25H45N3O11/c1-2-11-39-25(33)6-15-37-17-16-34-12-3-22(29)27-9-7-26-8-10-28-23(30)4-13-35-18-20-38-21-19-36-14-5-24(31)32/h2,26H,1,3-21H2,(H,27,29)(H,28,30)(H,31,32). The summed E-state index contributed by atoms with van der Waals surface area (Å²) < 4.78 is 31.1. The maximum atomic E-state index is 11.8. The van der Waals surface area contributed by atoms with Crippen molar-refractivity contribution in [3.05, 3.63) is 12.7 Å². The van der Waals surface area contributed by atoms with Crippen LogP contribution in [0.3, 0.4) is 0 Å². The second kappa shape index (κ2) is 28.4. The van der Waals surface area contributed by atoms with Crippen LogP contribution < -0.4 is 16.0 Å². The van der Waals surface area contributed by atoms with Gasteiger partial charge in [0.05, 0.1) is 78.9 Å². The summed E-state index contributed by atoms with van der Waals surface area (Å²) in [6.45, 7) is 8.73. The molecule has 0 saturated heterocycles. The molecule has 0 aromatic rings. The summed E-state index contributed by atoms with van der Waals surface area (Å²) in [5, 5.41) is 17.1. The summed E-state index contributed by atoms with van der Waals surface area (Å²) in [4.78, 5) is 45.1. The van der Waals surface area contributed by atoms with E-state index in [9.17, 15) is 19.2 Å². The Kier molecular flexibility index (Phi) is 26.5. The van der Waals surface area contributed by atoms with Gasteiger partial charge in [0.2, 0.25) is 11.8 Å². The molecule has 14 heteroatoms. The average Bonchev–Trinajstić information content (AvgIpc) is 2.91. The predicted molar refractivity (Wildman–Crippen MR) is 140 cm³/mol. The number of amides is 2. The smallest absolute Gasteiger partial charge is 0.308 e. The molecule has 0 heterocycles. The van der Waals surface area contributed by atoms with E-state index in [4.69, 9.17) is 33.5 Å². The van der Waals surface area contributed by atoms with Crippen molar-refractivity contribution in [3.63, 3.8) is 0 Å². The van der Waals surface area contributed by atoms with Crippen molar-refractivity contribution in [3.8, 4) is 0 Å². The van der Waals surface area contributed by atoms with E-state index in [0.717, 1.165) is 0 Å². The normalized spacial score (nSPS) is 10.7. The Morgan fingerprint density at radius 1 is 0.590 bits per heavy atom. The van der Waals surface area contributed by atoms with E-state index in [0.29, 0.717) is 65.8 Å². The van der Waals surface area contributed by atoms with E-state index in [1.807, 2.05) is 0 Å². The van der Waals surface area contributed by atoms with Crippen molar-refractivity contribution in [1.29, 1.82) is 0 Å². The monoisotopic (exact) mass is 563 g/mol. The molecule has 0 radical (unpaired) electrons. The summed E-state index contributed by atoms with van der Waals surface area (Å²) in [6, 6.07) is 0. The number of carboxylic acids is 1. The number of carbonyl (C=O) groups excluding carboxylic acids is 3. The van der Waals surface area contributed by atoms with Crippen LogP contribution >= 0.6 is 0 Å². The molecule has 0 bridgehead atoms. The number of carbonyl (C=O) groups is 4. The van der Waals surface area contributed by atoms with Crippen LogP contribution in [0.4, 0.5) is 0 Å². The van der Waals surface area contributed by atoms with E-state index in [1.54, 1.807) is 0 Å². The third kappa shape index (κ3) is 29.8. The first kappa shape index (κ1) is 36.4. The maximum absolute atomic E-state index is 11.8. The molecular formula is C25H45N3O11. The SMILES string of the molecule is C=CCOC(=O)CCOCCOCCC(=O)NCCNCCNC(=O)CCOCCOCCOCCC(=O)O. The van der Waals surface area contributed by atoms with Crippen LogP contribution in [-0.2, 0) is 47.6 Å². The van der Waals surface area contributed by atoms with Gasteiger partial charge >= 0.3 is 11.9 Å². The molecule has 2 amide bonds. The Balaban J connectivity index is 3.32. The molecule has 226 valence electrons. The Bertz CT molecular complexity index is 665. The zero-order valence-electron chi connectivity index (χ0n) is 22.7. The van der Waals surface area contributed by atoms with Gasteiger partial charge in [0.25, 0.3) is 0 Å². The molecule has 14 nitrogen and oxygen atoms in total. The Morgan fingerprint density at radius 2 is 1.00 bits per heavy atom. The summed E-state index contributed by atoms with van der Waals surface area (Å²) in [6.07, 6.45) is 2.12. The first-order valence-corrected chi connectivity index (χ1v) is 13.1. The van der Waals surface area contributed by atoms with Gasteiger partial charge in [-0.15, -0.1) is 0 Å². The zero-order chi connectivity index (χ0) is 28.8. The molecule has 0 unspecified atom stereocenters. The number of hydrogen-bond donors (Lipinski definition) is 4. The molecule has 0 aromatic heterocycles. The van der Waals surface area contributed by atoms with Crippen molar-refractivity contribution in [2.75, 3.05) is 98.9 Å². The Morgan fingerprint density at radius 3 is 1.44 bits per heavy atom. The molecule has 0 fully saturated rings. The van der Waals surface area contributed by atoms with Gasteiger partial charge in [-0.1, -0.05) is 12.7 Å². The molecule has 39 heavy (non-hydrogen) atoms. The first-order valence-electron chi connectivity index (χ1n) is 13.1. The largest absolute Gasteiger partial charge is 0.481 e. The summed E-state index contributed by atoms with van der Waals surface area (Å²) in [5.74, 6) is -1.48. The molecule has 4 N–H and O–H groups in total. The fourth-order valence-corrected chi connectivity index (χ4v) is 2.62. The number of hydrogen-bond acceptors (Lipinski definition) is 11. The van der Waals surface area contributed by atoms with Crippen LogP contribution in [0.25, 0.3) is 0 Å². The molecule has 0 atom stereocenters.